The van der Waals surface area contributed by atoms with Gasteiger partial charge in [0.1, 0.15) is 52.3 Å². The molecule has 0 fully saturated rings. The molecule has 0 radical (unpaired) electrons. The van der Waals surface area contributed by atoms with E-state index in [9.17, 15) is 10.5 Å². The molecule has 0 amide bonds. The Labute approximate surface area is 466 Å². The normalized spacial score (nSPS) is 13.4. The maximum absolute atomic E-state index is 15.7. The molecule has 0 saturated heterocycles. The molecule has 9 rings (SSSR count). The molecular weight excluding hydrogens is 994 g/mol. The molecule has 9 heteroatoms. The van der Waals surface area contributed by atoms with Gasteiger partial charge in [-0.2, -0.15) is 10.5 Å². The first-order valence-corrected chi connectivity index (χ1v) is 28.5. The minimum Gasteiger partial charge on any atom is -0.486 e. The van der Waals surface area contributed by atoms with Crippen molar-refractivity contribution in [3.05, 3.63) is 262 Å². The Kier molecular flexibility index (Phi) is 16.0. The minimum atomic E-state index is -3.32. The van der Waals surface area contributed by atoms with Gasteiger partial charge in [-0.05, 0) is 157 Å². The Morgan fingerprint density at radius 2 is 0.886 bits per heavy atom. The van der Waals surface area contributed by atoms with E-state index in [4.69, 9.17) is 24.7 Å². The average molecular weight is 1060 g/mol. The van der Waals surface area contributed by atoms with E-state index in [1.165, 1.54) is 0 Å². The Morgan fingerprint density at radius 3 is 1.34 bits per heavy atom. The van der Waals surface area contributed by atoms with Gasteiger partial charge in [-0.15, -0.1) is 0 Å². The van der Waals surface area contributed by atoms with Gasteiger partial charge in [0.05, 0.1) is 22.9 Å². The summed E-state index contributed by atoms with van der Waals surface area (Å²) in [6, 6.07) is 73.5. The number of benzene rings is 9. The molecule has 0 spiro atoms. The molecule has 9 aromatic carbocycles. The molecule has 79 heavy (non-hydrogen) atoms. The van der Waals surface area contributed by atoms with E-state index >= 15 is 4.57 Å². The van der Waals surface area contributed by atoms with Crippen molar-refractivity contribution in [3.63, 3.8) is 0 Å². The van der Waals surface area contributed by atoms with Crippen molar-refractivity contribution in [1.29, 1.82) is 10.5 Å². The van der Waals surface area contributed by atoms with Gasteiger partial charge in [-0.1, -0.05) is 157 Å². The molecule has 396 valence electrons. The van der Waals surface area contributed by atoms with Crippen LogP contribution in [0.3, 0.4) is 0 Å². The lowest BCUT2D eigenvalue weighted by Gasteiger charge is -2.31. The third kappa shape index (κ3) is 11.7. The lowest BCUT2D eigenvalue weighted by atomic mass is 9.78. The van der Waals surface area contributed by atoms with Gasteiger partial charge in [0.2, 0.25) is 0 Å². The molecule has 0 bridgehead atoms. The second-order valence-corrected chi connectivity index (χ2v) is 24.1. The highest BCUT2D eigenvalue weighted by atomic mass is 31.2. The second kappa shape index (κ2) is 23.0. The van der Waals surface area contributed by atoms with Gasteiger partial charge >= 0.3 is 0 Å². The zero-order valence-corrected chi connectivity index (χ0v) is 47.1. The van der Waals surface area contributed by atoms with Gasteiger partial charge in [0.15, 0.2) is 7.14 Å². The summed E-state index contributed by atoms with van der Waals surface area (Å²) in [7, 11) is -3.32. The third-order valence-electron chi connectivity index (χ3n) is 15.5. The van der Waals surface area contributed by atoms with Crippen LogP contribution < -0.4 is 40.6 Å². The minimum absolute atomic E-state index is 0.118. The summed E-state index contributed by atoms with van der Waals surface area (Å²) in [6.07, 6.45) is 1.38. The molecule has 9 aromatic rings. The van der Waals surface area contributed by atoms with Crippen LogP contribution >= 0.6 is 7.14 Å². The molecule has 8 nitrogen and oxygen atoms in total. The molecule has 3 unspecified atom stereocenters. The van der Waals surface area contributed by atoms with Crippen LogP contribution in [0.2, 0.25) is 0 Å². The second-order valence-electron chi connectivity index (χ2n) is 21.3. The zero-order valence-electron chi connectivity index (χ0n) is 46.2. The smallest absolute Gasteiger partial charge is 0.171 e. The zero-order chi connectivity index (χ0) is 56.0. The van der Waals surface area contributed by atoms with Gasteiger partial charge in [-0.3, -0.25) is 0 Å². The topological polar surface area (TPSA) is 128 Å². The van der Waals surface area contributed by atoms with Crippen LogP contribution in [0.5, 0.6) is 34.5 Å². The highest BCUT2D eigenvalue weighted by molar-refractivity contribution is 7.85. The molecule has 2 N–H and O–H groups in total. The van der Waals surface area contributed by atoms with E-state index in [1.54, 1.807) is 18.2 Å². The third-order valence-corrected chi connectivity index (χ3v) is 18.6. The van der Waals surface area contributed by atoms with Crippen LogP contribution in [0.15, 0.2) is 212 Å². The Balaban J connectivity index is 0.855. The summed E-state index contributed by atoms with van der Waals surface area (Å²) in [4.78, 5) is 0. The standard InChI is InChI=1S/C70H66N3O5P/c1-9-67(49-16-17-50(46-71)48(3)44-49)77-60-34-23-54(24-35-60)68(4,5)52-19-30-57(31-20-52)75-59-38-42-65(43-39-59)79(74,63-14-12-11-13-15-63)64-40-27-56(28-41-64)70(8,10-2)78-61-36-25-55(26-37-61)69(6,7)53-21-32-58(33-22-53)76-62-29-18-51(47-72)66(73)45-62/h11-45,67H,9-10,73H2,1-8H3. The van der Waals surface area contributed by atoms with Crippen molar-refractivity contribution >= 4 is 28.7 Å². The maximum atomic E-state index is 15.7. The average Bonchev–Trinajstić information content (AvgIpc) is 3.54. The largest absolute Gasteiger partial charge is 0.486 e. The van der Waals surface area contributed by atoms with Crippen molar-refractivity contribution in [2.75, 3.05) is 5.73 Å². The van der Waals surface area contributed by atoms with Crippen molar-refractivity contribution in [3.8, 4) is 46.6 Å². The van der Waals surface area contributed by atoms with Crippen LogP contribution in [-0.2, 0) is 21.0 Å². The van der Waals surface area contributed by atoms with E-state index in [1.807, 2.05) is 153 Å². The van der Waals surface area contributed by atoms with E-state index in [0.29, 0.717) is 51.5 Å². The molecule has 0 saturated carbocycles. The SMILES string of the molecule is CCC(Oc1ccc(C(C)(C)c2ccc(Oc3ccc(P(=O)(c4ccccc4)c4ccc(C(C)(CC)Oc5ccc(C(C)(C)c6ccc(Oc7ccc(C#N)c(N)c7)cc6)cc5)cc4)cc3)cc2)cc1)c1ccc(C#N)c(C)c1. The van der Waals surface area contributed by atoms with E-state index in [2.05, 4.69) is 109 Å². The van der Waals surface area contributed by atoms with Gasteiger partial charge < -0.3 is 29.2 Å². The molecule has 0 aromatic heterocycles. The van der Waals surface area contributed by atoms with Crippen LogP contribution in [0.25, 0.3) is 0 Å². The summed E-state index contributed by atoms with van der Waals surface area (Å²) < 4.78 is 41.3. The fourth-order valence-corrected chi connectivity index (χ4v) is 12.7. The Morgan fingerprint density at radius 1 is 0.481 bits per heavy atom. The fraction of sp³-hybridized carbons (Fsp3) is 0.200. The van der Waals surface area contributed by atoms with Gasteiger partial charge in [0, 0.05) is 32.8 Å². The van der Waals surface area contributed by atoms with Gasteiger partial charge in [0.25, 0.3) is 0 Å². The monoisotopic (exact) mass is 1060 g/mol. The maximum Gasteiger partial charge on any atom is 0.171 e. The number of hydrogen-bond donors (Lipinski definition) is 1. The molecule has 0 aliphatic heterocycles. The first kappa shape index (κ1) is 55.0. The highest BCUT2D eigenvalue weighted by Crippen LogP contribution is 2.44. The highest BCUT2D eigenvalue weighted by Gasteiger charge is 2.33. The predicted molar refractivity (Wildman–Crippen MR) is 319 cm³/mol. The number of hydrogen-bond acceptors (Lipinski definition) is 8. The van der Waals surface area contributed by atoms with Crippen LogP contribution in [0.4, 0.5) is 5.69 Å². The number of nitriles is 2. The Hall–Kier alpha value is -8.81. The summed E-state index contributed by atoms with van der Waals surface area (Å²) in [6.45, 7) is 17.1. The van der Waals surface area contributed by atoms with Crippen molar-refractivity contribution in [2.45, 2.75) is 90.8 Å². The molecule has 3 atom stereocenters. The number of nitrogens with zero attached hydrogens (tertiary/aromatic N) is 2. The van der Waals surface area contributed by atoms with Crippen LogP contribution in [0.1, 0.15) is 117 Å². The molecule has 0 aliphatic carbocycles. The predicted octanol–water partition coefficient (Wildman–Crippen LogP) is 16.4. The lowest BCUT2D eigenvalue weighted by Crippen LogP contribution is -2.30. The first-order valence-electron chi connectivity index (χ1n) is 26.8. The molecule has 0 heterocycles. The van der Waals surface area contributed by atoms with Crippen molar-refractivity contribution in [1.82, 2.24) is 0 Å². The number of aryl methyl sites for hydroxylation is 1. The summed E-state index contributed by atoms with van der Waals surface area (Å²) in [5, 5.41) is 20.8. The molecular formula is C70H66N3O5P. The van der Waals surface area contributed by atoms with Crippen LogP contribution in [-0.4, -0.2) is 0 Å². The van der Waals surface area contributed by atoms with Crippen molar-refractivity contribution < 1.29 is 23.5 Å². The fourth-order valence-electron chi connectivity index (χ4n) is 10.1. The van der Waals surface area contributed by atoms with Crippen molar-refractivity contribution in [2.24, 2.45) is 0 Å². The number of nitrogen functional groups attached to an aromatic ring is 1. The molecule has 0 aliphatic rings. The number of nitrogens with two attached hydrogens (primary N) is 1. The Bertz CT molecular complexity index is 3700. The van der Waals surface area contributed by atoms with Gasteiger partial charge in [-0.25, -0.2) is 0 Å². The number of anilines is 1. The summed E-state index contributed by atoms with van der Waals surface area (Å²) >= 11 is 0. The number of rotatable bonds is 19. The lowest BCUT2D eigenvalue weighted by molar-refractivity contribution is 0.0826. The van der Waals surface area contributed by atoms with E-state index < -0.39 is 12.7 Å². The number of ether oxygens (including phenoxy) is 4. The summed E-state index contributed by atoms with van der Waals surface area (Å²) in [5.74, 6) is 4.13. The van der Waals surface area contributed by atoms with E-state index in [0.717, 1.165) is 67.5 Å². The van der Waals surface area contributed by atoms with Crippen LogP contribution in [0, 0.1) is 29.6 Å². The quantitative estimate of drug-likeness (QED) is 0.0626. The van der Waals surface area contributed by atoms with E-state index in [-0.39, 0.29) is 16.9 Å². The first-order chi connectivity index (χ1) is 38.0. The summed E-state index contributed by atoms with van der Waals surface area (Å²) in [5.41, 5.74) is 13.7.